The molecule has 0 aliphatic rings. The van der Waals surface area contributed by atoms with E-state index in [1.165, 1.54) is 24.3 Å². The van der Waals surface area contributed by atoms with Crippen molar-refractivity contribution >= 4 is 22.7 Å². The number of nitrogens with two attached hydrogens (primary N) is 1. The van der Waals surface area contributed by atoms with Gasteiger partial charge in [0.05, 0.1) is 6.42 Å². The molecule has 0 aliphatic heterocycles. The van der Waals surface area contributed by atoms with Crippen molar-refractivity contribution in [3.63, 3.8) is 0 Å². The van der Waals surface area contributed by atoms with E-state index in [1.807, 2.05) is 84.9 Å². The topological polar surface area (TPSA) is 115 Å². The van der Waals surface area contributed by atoms with Crippen molar-refractivity contribution in [2.24, 2.45) is 10.9 Å². The molecule has 1 aromatic heterocycles. The van der Waals surface area contributed by atoms with Crippen molar-refractivity contribution in [1.82, 2.24) is 10.1 Å². The van der Waals surface area contributed by atoms with E-state index in [-0.39, 0.29) is 22.7 Å². The maximum absolute atomic E-state index is 13.2. The van der Waals surface area contributed by atoms with Crippen molar-refractivity contribution in [1.29, 1.82) is 0 Å². The molecule has 0 aliphatic carbocycles. The minimum Gasteiger partial charge on any atom is -0.409 e. The van der Waals surface area contributed by atoms with Crippen LogP contribution in [0.5, 0.6) is 0 Å². The first-order chi connectivity index (χ1) is 27.2. The predicted octanol–water partition coefficient (Wildman–Crippen LogP) is 9.18. The molecule has 0 spiro atoms. The van der Waals surface area contributed by atoms with E-state index in [0.29, 0.717) is 41.2 Å². The number of benzene rings is 6. The van der Waals surface area contributed by atoms with Crippen molar-refractivity contribution < 1.29 is 23.3 Å². The number of nitrogens with zero attached hydrogens (tertiary/aromatic N) is 3. The molecular weight excluding hydrogens is 730 g/mol. The van der Waals surface area contributed by atoms with Crippen LogP contribution in [-0.2, 0) is 17.6 Å². The molecule has 3 N–H and O–H groups in total. The van der Waals surface area contributed by atoms with Crippen LogP contribution in [0, 0.1) is 35.3 Å². The largest absolute Gasteiger partial charge is 0.409 e. The third-order valence-corrected chi connectivity index (χ3v) is 7.77. The smallest absolute Gasteiger partial charge is 0.231 e. The molecule has 0 amide bonds. The fourth-order valence-corrected chi connectivity index (χ4v) is 5.03. The molecule has 276 valence electrons. The highest BCUT2D eigenvalue weighted by molar-refractivity contribution is 6.63. The Bertz CT molecular complexity index is 2500. The highest BCUT2D eigenvalue weighted by Crippen LogP contribution is 2.18. The standard InChI is InChI=1S/C23H15FN2O.C15H11FN2O.C8H7ClO/c24-21-8-4-7-19(15-21)10-9-17-11-13-20(14-12-17)23-25-22(27-26-23)16-18-5-2-1-3-6-18;16-14-3-1-2-12(10-14)5-4-11-6-8-13(9-7-11)15(17)18-19;9-8(10)6-7-4-2-1-3-5-7/h1-8,11-15H,16H2;1-3,6-10,19H,(H2,17,18);1-5H,6H2. The van der Waals surface area contributed by atoms with Crippen molar-refractivity contribution in [2.75, 3.05) is 0 Å². The van der Waals surface area contributed by atoms with Gasteiger partial charge in [0.25, 0.3) is 0 Å². The maximum Gasteiger partial charge on any atom is 0.231 e. The molecule has 0 saturated heterocycles. The molecule has 10 heteroatoms. The Kier molecular flexibility index (Phi) is 14.8. The van der Waals surface area contributed by atoms with Gasteiger partial charge in [0, 0.05) is 39.8 Å². The first-order valence-electron chi connectivity index (χ1n) is 17.1. The lowest BCUT2D eigenvalue weighted by atomic mass is 10.1. The summed E-state index contributed by atoms with van der Waals surface area (Å²) in [5, 5.41) is 15.2. The minimum atomic E-state index is -0.314. The zero-order valence-electron chi connectivity index (χ0n) is 29.7. The molecule has 7 aromatic rings. The fourth-order valence-electron chi connectivity index (χ4n) is 4.88. The van der Waals surface area contributed by atoms with E-state index >= 15 is 0 Å². The Balaban J connectivity index is 0.000000179. The van der Waals surface area contributed by atoms with Gasteiger partial charge in [-0.1, -0.05) is 107 Å². The lowest BCUT2D eigenvalue weighted by molar-refractivity contribution is -0.111. The normalized spacial score (nSPS) is 10.2. The Hall–Kier alpha value is -7.33. The highest BCUT2D eigenvalue weighted by atomic mass is 35.5. The number of oxime groups is 1. The number of carbonyl (C=O) groups is 1. The molecule has 7 nitrogen and oxygen atoms in total. The molecule has 0 unspecified atom stereocenters. The maximum atomic E-state index is 13.2. The van der Waals surface area contributed by atoms with Crippen LogP contribution in [0.3, 0.4) is 0 Å². The second-order valence-corrected chi connectivity index (χ2v) is 12.3. The average molecular weight is 763 g/mol. The van der Waals surface area contributed by atoms with Gasteiger partial charge in [-0.15, -0.1) is 0 Å². The van der Waals surface area contributed by atoms with Gasteiger partial charge in [-0.2, -0.15) is 4.98 Å². The van der Waals surface area contributed by atoms with Gasteiger partial charge in [0.2, 0.25) is 17.0 Å². The van der Waals surface area contributed by atoms with E-state index in [2.05, 4.69) is 39.0 Å². The van der Waals surface area contributed by atoms with Crippen LogP contribution >= 0.6 is 11.6 Å². The lowest BCUT2D eigenvalue weighted by Crippen LogP contribution is -2.12. The Morgan fingerprint density at radius 1 is 0.661 bits per heavy atom. The second kappa shape index (κ2) is 20.8. The van der Waals surface area contributed by atoms with Gasteiger partial charge in [-0.3, -0.25) is 4.79 Å². The van der Waals surface area contributed by atoms with Crippen molar-refractivity contribution in [3.8, 4) is 35.1 Å². The van der Waals surface area contributed by atoms with E-state index in [0.717, 1.165) is 27.8 Å². The van der Waals surface area contributed by atoms with E-state index in [1.54, 1.807) is 48.5 Å². The minimum absolute atomic E-state index is 0.0460. The Morgan fingerprint density at radius 3 is 1.66 bits per heavy atom. The third kappa shape index (κ3) is 13.3. The number of carbonyl (C=O) groups excluding carboxylic acids is 1. The molecule has 0 radical (unpaired) electrons. The van der Waals surface area contributed by atoms with Crippen LogP contribution in [0.15, 0.2) is 167 Å². The SMILES string of the molecule is Fc1cccc(C#Cc2ccc(-c3noc(Cc4ccccc4)n3)cc2)c1.N/C(=N\O)c1ccc(C#Cc2cccc(F)c2)cc1.O=C(Cl)Cc1ccccc1. The van der Waals surface area contributed by atoms with Gasteiger partial charge in [0.1, 0.15) is 11.6 Å². The number of rotatable bonds is 6. The molecule has 0 atom stereocenters. The van der Waals surface area contributed by atoms with Crippen LogP contribution in [0.25, 0.3) is 11.4 Å². The summed E-state index contributed by atoms with van der Waals surface area (Å²) < 4.78 is 31.5. The zero-order chi connectivity index (χ0) is 39.5. The molecule has 1 heterocycles. The molecule has 7 rings (SSSR count). The Morgan fingerprint density at radius 2 is 1.16 bits per heavy atom. The van der Waals surface area contributed by atoms with Gasteiger partial charge < -0.3 is 15.5 Å². The van der Waals surface area contributed by atoms with Crippen molar-refractivity contribution in [3.05, 3.63) is 214 Å². The van der Waals surface area contributed by atoms with Crippen LogP contribution in [0.4, 0.5) is 8.78 Å². The van der Waals surface area contributed by atoms with Gasteiger partial charge >= 0.3 is 0 Å². The van der Waals surface area contributed by atoms with Gasteiger partial charge in [-0.25, -0.2) is 8.78 Å². The van der Waals surface area contributed by atoms with E-state index in [4.69, 9.17) is 27.1 Å². The summed E-state index contributed by atoms with van der Waals surface area (Å²) in [6.07, 6.45) is 0.924. The number of halogens is 3. The molecule has 56 heavy (non-hydrogen) atoms. The quantitative estimate of drug-likeness (QED) is 0.0436. The number of hydrogen-bond acceptors (Lipinski definition) is 6. The van der Waals surface area contributed by atoms with Crippen LogP contribution in [-0.4, -0.2) is 26.4 Å². The van der Waals surface area contributed by atoms with Crippen LogP contribution in [0.2, 0.25) is 0 Å². The summed E-state index contributed by atoms with van der Waals surface area (Å²) in [6, 6.07) is 46.2. The Labute approximate surface area is 328 Å². The van der Waals surface area contributed by atoms with Crippen molar-refractivity contribution in [2.45, 2.75) is 12.8 Å². The predicted molar refractivity (Wildman–Crippen MR) is 214 cm³/mol. The monoisotopic (exact) mass is 762 g/mol. The van der Waals surface area contributed by atoms with Gasteiger partial charge in [0.15, 0.2) is 5.84 Å². The van der Waals surface area contributed by atoms with Crippen LogP contribution in [0.1, 0.15) is 44.8 Å². The van der Waals surface area contributed by atoms with Gasteiger partial charge in [-0.05, 0) is 108 Å². The summed E-state index contributed by atoms with van der Waals surface area (Å²) in [4.78, 5) is 14.8. The second-order valence-electron chi connectivity index (χ2n) is 11.9. The first-order valence-corrected chi connectivity index (χ1v) is 17.4. The molecule has 0 fully saturated rings. The number of hydrogen-bond donors (Lipinski definition) is 2. The van der Waals surface area contributed by atoms with E-state index < -0.39 is 0 Å². The summed E-state index contributed by atoms with van der Waals surface area (Å²) in [6.45, 7) is 0. The van der Waals surface area contributed by atoms with Crippen LogP contribution < -0.4 is 5.73 Å². The summed E-state index contributed by atoms with van der Waals surface area (Å²) in [7, 11) is 0. The molecular formula is C46H33ClF2N4O3. The first kappa shape index (κ1) is 39.9. The number of amidine groups is 1. The molecule has 0 saturated carbocycles. The summed E-state index contributed by atoms with van der Waals surface area (Å²) >= 11 is 5.17. The zero-order valence-corrected chi connectivity index (χ0v) is 30.5. The lowest BCUT2D eigenvalue weighted by Gasteiger charge is -1.97. The number of aromatic nitrogens is 2. The van der Waals surface area contributed by atoms with E-state index in [9.17, 15) is 13.6 Å². The highest BCUT2D eigenvalue weighted by Gasteiger charge is 2.09. The molecule has 0 bridgehead atoms. The fraction of sp³-hybridized carbons (Fsp3) is 0.0435. The molecule has 6 aromatic carbocycles. The summed E-state index contributed by atoms with van der Waals surface area (Å²) in [5.74, 6) is 12.3. The average Bonchev–Trinajstić information content (AvgIpc) is 3.69. The summed E-state index contributed by atoms with van der Waals surface area (Å²) in [5.41, 5.74) is 11.8. The third-order valence-electron chi connectivity index (χ3n) is 7.64.